The first-order valence-electron chi connectivity index (χ1n) is 14.7. The Morgan fingerprint density at radius 3 is 2.34 bits per heavy atom. The highest BCUT2D eigenvalue weighted by Gasteiger charge is 2.60. The highest BCUT2D eigenvalue weighted by atomic mass is 16.4. The summed E-state index contributed by atoms with van der Waals surface area (Å²) in [5.74, 6) is 5.07. The molecule has 35 heavy (non-hydrogen) atoms. The normalized spacial score (nSPS) is 51.5. The third-order valence-corrected chi connectivity index (χ3v) is 12.9. The van der Waals surface area contributed by atoms with Gasteiger partial charge in [-0.2, -0.15) is 0 Å². The Morgan fingerprint density at radius 1 is 0.943 bits per heavy atom. The zero-order chi connectivity index (χ0) is 24.1. The number of carboxylic acid groups (broad SMARTS) is 1. The number of rotatable bonds is 3. The van der Waals surface area contributed by atoms with Gasteiger partial charge in [-0.05, 0) is 141 Å². The molecule has 6 atom stereocenters. The fourth-order valence-corrected chi connectivity index (χ4v) is 11.4. The van der Waals surface area contributed by atoms with Crippen molar-refractivity contribution < 1.29 is 14.7 Å². The molecular weight excluding hydrogens is 434 g/mol. The smallest absolute Gasteiger partial charge is 0.331 e. The van der Waals surface area contributed by atoms with Gasteiger partial charge >= 0.3 is 5.97 Å². The van der Waals surface area contributed by atoms with E-state index in [1.807, 2.05) is 6.08 Å². The van der Waals surface area contributed by atoms with Gasteiger partial charge in [0.05, 0.1) is 0 Å². The Kier molecular flexibility index (Phi) is 4.98. The van der Waals surface area contributed by atoms with Gasteiger partial charge in [0, 0.05) is 17.5 Å². The van der Waals surface area contributed by atoms with E-state index in [0.29, 0.717) is 41.7 Å². The molecule has 1 unspecified atom stereocenters. The standard InChI is InChI=1S/C31H43NO3/c1-30-9-7-19(29(34)35)16-22(30)3-4-23-24-5-6-26(31(24,2)10-8-25(23)30)28(33)32-27-20-12-17-11-18(14-20)15-21(27)13-17/h3,16-18,20-21,23-27H,4-15H2,1-2H3,(H,32,33)(H,34,35)/t17?,18?,20?,21?,23-,24-,25+,26?,27?,30-,31-/m0/s1. The molecule has 4 bridgehead atoms. The van der Waals surface area contributed by atoms with Crippen LogP contribution in [0.4, 0.5) is 0 Å². The summed E-state index contributed by atoms with van der Waals surface area (Å²) < 4.78 is 0. The number of nitrogens with one attached hydrogen (secondary N) is 1. The molecule has 2 N–H and O–H groups in total. The fourth-order valence-electron chi connectivity index (χ4n) is 11.4. The van der Waals surface area contributed by atoms with E-state index in [1.165, 1.54) is 50.5 Å². The van der Waals surface area contributed by atoms with Crippen molar-refractivity contribution in [3.63, 3.8) is 0 Å². The summed E-state index contributed by atoms with van der Waals surface area (Å²) in [6.07, 6.45) is 18.5. The third-order valence-electron chi connectivity index (χ3n) is 12.9. The Labute approximate surface area is 210 Å². The van der Waals surface area contributed by atoms with Crippen LogP contribution < -0.4 is 5.32 Å². The van der Waals surface area contributed by atoms with Gasteiger partial charge in [-0.25, -0.2) is 4.79 Å². The molecule has 0 spiro atoms. The van der Waals surface area contributed by atoms with Crippen molar-refractivity contribution in [2.45, 2.75) is 96.9 Å². The lowest BCUT2D eigenvalue weighted by Crippen LogP contribution is -2.58. The molecule has 8 rings (SSSR count). The van der Waals surface area contributed by atoms with Gasteiger partial charge in [-0.1, -0.05) is 19.9 Å². The molecule has 0 aromatic rings. The number of carbonyl (C=O) groups excluding carboxylic acids is 1. The van der Waals surface area contributed by atoms with E-state index in [-0.39, 0.29) is 16.7 Å². The Balaban J connectivity index is 1.10. The lowest BCUT2D eigenvalue weighted by Gasteiger charge is -2.57. The molecule has 0 aliphatic heterocycles. The van der Waals surface area contributed by atoms with Crippen molar-refractivity contribution in [1.29, 1.82) is 0 Å². The van der Waals surface area contributed by atoms with Crippen LogP contribution in [-0.2, 0) is 9.59 Å². The molecule has 0 heterocycles. The average Bonchev–Trinajstić information content (AvgIpc) is 3.17. The highest BCUT2D eigenvalue weighted by Crippen LogP contribution is 2.66. The van der Waals surface area contributed by atoms with Crippen molar-refractivity contribution >= 4 is 11.9 Å². The Bertz CT molecular complexity index is 983. The van der Waals surface area contributed by atoms with Crippen LogP contribution >= 0.6 is 0 Å². The summed E-state index contributed by atoms with van der Waals surface area (Å²) in [5.41, 5.74) is 2.08. The van der Waals surface area contributed by atoms with E-state index < -0.39 is 5.97 Å². The van der Waals surface area contributed by atoms with Crippen molar-refractivity contribution in [3.05, 3.63) is 23.3 Å². The molecule has 4 heteroatoms. The number of carbonyl (C=O) groups is 2. The first-order valence-corrected chi connectivity index (χ1v) is 14.7. The van der Waals surface area contributed by atoms with Crippen LogP contribution in [0.2, 0.25) is 0 Å². The number of carboxylic acids is 1. The molecule has 0 aromatic carbocycles. The predicted octanol–water partition coefficient (Wildman–Crippen LogP) is 6.13. The van der Waals surface area contributed by atoms with Crippen molar-refractivity contribution in [2.24, 2.45) is 58.2 Å². The van der Waals surface area contributed by atoms with Gasteiger partial charge < -0.3 is 10.4 Å². The minimum absolute atomic E-state index is 0.101. The quantitative estimate of drug-likeness (QED) is 0.514. The topological polar surface area (TPSA) is 66.4 Å². The number of hydrogen-bond acceptors (Lipinski definition) is 2. The number of amides is 1. The largest absolute Gasteiger partial charge is 0.478 e. The van der Waals surface area contributed by atoms with Gasteiger partial charge in [-0.15, -0.1) is 0 Å². The van der Waals surface area contributed by atoms with Crippen LogP contribution in [0, 0.1) is 58.2 Å². The number of allylic oxidation sites excluding steroid dienone is 3. The monoisotopic (exact) mass is 477 g/mol. The van der Waals surface area contributed by atoms with E-state index >= 15 is 0 Å². The number of aliphatic carboxylic acids is 1. The van der Waals surface area contributed by atoms with Crippen molar-refractivity contribution in [1.82, 2.24) is 5.32 Å². The van der Waals surface area contributed by atoms with Gasteiger partial charge in [0.2, 0.25) is 5.91 Å². The first kappa shape index (κ1) is 22.6. The van der Waals surface area contributed by atoms with Crippen LogP contribution in [0.15, 0.2) is 23.3 Å². The second kappa shape index (κ2) is 7.71. The lowest BCUT2D eigenvalue weighted by atomic mass is 9.48. The maximum Gasteiger partial charge on any atom is 0.331 e. The first-order chi connectivity index (χ1) is 16.8. The van der Waals surface area contributed by atoms with Crippen LogP contribution in [0.25, 0.3) is 0 Å². The highest BCUT2D eigenvalue weighted by molar-refractivity contribution is 5.87. The number of hydrogen-bond donors (Lipinski definition) is 2. The lowest BCUT2D eigenvalue weighted by molar-refractivity contribution is -0.135. The van der Waals surface area contributed by atoms with Gasteiger partial charge in [0.25, 0.3) is 0 Å². The van der Waals surface area contributed by atoms with Crippen LogP contribution in [0.1, 0.15) is 90.9 Å². The van der Waals surface area contributed by atoms with Gasteiger partial charge in [-0.3, -0.25) is 4.79 Å². The molecule has 0 saturated heterocycles. The fraction of sp³-hybridized carbons (Fsp3) is 0.806. The van der Waals surface area contributed by atoms with Gasteiger partial charge in [0.15, 0.2) is 0 Å². The van der Waals surface area contributed by atoms with E-state index in [2.05, 4.69) is 25.2 Å². The minimum Gasteiger partial charge on any atom is -0.478 e. The predicted molar refractivity (Wildman–Crippen MR) is 135 cm³/mol. The molecule has 1 amide bonds. The molecule has 0 radical (unpaired) electrons. The maximum absolute atomic E-state index is 13.9. The zero-order valence-corrected chi connectivity index (χ0v) is 21.6. The summed E-state index contributed by atoms with van der Waals surface area (Å²) >= 11 is 0. The SMILES string of the molecule is C[C@]12CCC(C(=O)O)=CC1=CC[C@@H]1[C@H]2CC[C@]2(C)C(C(=O)NC3C4CC5CC(C4)CC3C5)CC[C@@H]12. The summed E-state index contributed by atoms with van der Waals surface area (Å²) in [7, 11) is 0. The van der Waals surface area contributed by atoms with E-state index in [4.69, 9.17) is 0 Å². The third kappa shape index (κ3) is 3.23. The Morgan fingerprint density at radius 2 is 1.66 bits per heavy atom. The van der Waals surface area contributed by atoms with Crippen molar-refractivity contribution in [3.8, 4) is 0 Å². The summed E-state index contributed by atoms with van der Waals surface area (Å²) in [4.78, 5) is 25.5. The average molecular weight is 478 g/mol. The van der Waals surface area contributed by atoms with E-state index in [9.17, 15) is 14.7 Å². The molecule has 0 aromatic heterocycles. The molecule has 4 nitrogen and oxygen atoms in total. The molecular formula is C31H43NO3. The Hall–Kier alpha value is -1.58. The van der Waals surface area contributed by atoms with E-state index in [0.717, 1.165) is 49.4 Å². The second-order valence-corrected chi connectivity index (χ2v) is 14.3. The molecule has 6 saturated carbocycles. The molecule has 8 aliphatic carbocycles. The van der Waals surface area contributed by atoms with Gasteiger partial charge in [0.1, 0.15) is 0 Å². The maximum atomic E-state index is 13.9. The molecule has 190 valence electrons. The molecule has 8 aliphatic rings. The van der Waals surface area contributed by atoms with Crippen molar-refractivity contribution in [2.75, 3.05) is 0 Å². The molecule has 6 fully saturated rings. The minimum atomic E-state index is -0.755. The van der Waals surface area contributed by atoms with Crippen LogP contribution in [0.5, 0.6) is 0 Å². The second-order valence-electron chi connectivity index (χ2n) is 14.3. The zero-order valence-electron chi connectivity index (χ0n) is 21.6. The van der Waals surface area contributed by atoms with Crippen LogP contribution in [-0.4, -0.2) is 23.0 Å². The summed E-state index contributed by atoms with van der Waals surface area (Å²) in [6, 6.07) is 0.450. The summed E-state index contributed by atoms with van der Waals surface area (Å²) in [6.45, 7) is 4.85. The number of fused-ring (bicyclic) bond motifs is 5. The summed E-state index contributed by atoms with van der Waals surface area (Å²) in [5, 5.41) is 13.2. The van der Waals surface area contributed by atoms with Crippen LogP contribution in [0.3, 0.4) is 0 Å². The van der Waals surface area contributed by atoms with E-state index in [1.54, 1.807) is 0 Å².